The van der Waals surface area contributed by atoms with Crippen molar-refractivity contribution in [1.29, 1.82) is 0 Å². The number of anilines is 1. The molecular weight excluding hydrogens is 409 g/mol. The van der Waals surface area contributed by atoms with Crippen LogP contribution >= 0.6 is 0 Å². The van der Waals surface area contributed by atoms with Crippen molar-refractivity contribution in [2.45, 2.75) is 18.7 Å². The van der Waals surface area contributed by atoms with Gasteiger partial charge < -0.3 is 9.84 Å². The fourth-order valence-electron chi connectivity index (χ4n) is 3.05. The van der Waals surface area contributed by atoms with Crippen LogP contribution in [0.5, 0.6) is 5.75 Å². The summed E-state index contributed by atoms with van der Waals surface area (Å²) in [7, 11) is -4.27. The highest BCUT2D eigenvalue weighted by Crippen LogP contribution is 2.32. The quantitative estimate of drug-likeness (QED) is 0.582. The first-order valence-electron chi connectivity index (χ1n) is 9.01. The molecule has 0 saturated heterocycles. The predicted molar refractivity (Wildman–Crippen MR) is 112 cm³/mol. The fourth-order valence-corrected chi connectivity index (χ4v) is 4.41. The van der Waals surface area contributed by atoms with Crippen LogP contribution in [0.4, 0.5) is 10.1 Å². The van der Waals surface area contributed by atoms with Crippen molar-refractivity contribution in [3.63, 3.8) is 0 Å². The first-order valence-corrected chi connectivity index (χ1v) is 10.5. The van der Waals surface area contributed by atoms with Gasteiger partial charge in [0.1, 0.15) is 16.5 Å². The first kappa shape index (κ1) is 21.3. The minimum atomic E-state index is -4.27. The summed E-state index contributed by atoms with van der Waals surface area (Å²) in [6.07, 6.45) is 0. The van der Waals surface area contributed by atoms with Crippen LogP contribution in [0, 0.1) is 19.7 Å². The number of nitrogens with one attached hydrogen (secondary N) is 1. The van der Waals surface area contributed by atoms with Crippen LogP contribution in [-0.2, 0) is 14.8 Å². The van der Waals surface area contributed by atoms with Crippen LogP contribution in [0.15, 0.2) is 65.6 Å². The molecule has 8 heteroatoms. The molecule has 3 rings (SSSR count). The van der Waals surface area contributed by atoms with Crippen molar-refractivity contribution in [3.05, 3.63) is 77.6 Å². The van der Waals surface area contributed by atoms with Gasteiger partial charge in [-0.05, 0) is 54.3 Å². The summed E-state index contributed by atoms with van der Waals surface area (Å²) in [5, 5.41) is 8.88. The van der Waals surface area contributed by atoms with Gasteiger partial charge in [-0.25, -0.2) is 17.6 Å². The SMILES string of the molecule is Cc1cc(C)c(OCC(=O)O)c(S(=O)(=O)Nc2cc(-c3ccccc3)ccc2F)c1. The summed E-state index contributed by atoms with van der Waals surface area (Å²) in [5.74, 6) is -2.07. The van der Waals surface area contributed by atoms with Gasteiger partial charge in [0.05, 0.1) is 5.69 Å². The average molecular weight is 429 g/mol. The summed E-state index contributed by atoms with van der Waals surface area (Å²) >= 11 is 0. The molecule has 3 aromatic carbocycles. The van der Waals surface area contributed by atoms with E-state index >= 15 is 0 Å². The molecule has 0 aliphatic heterocycles. The Kier molecular flexibility index (Phi) is 6.07. The predicted octanol–water partition coefficient (Wildman–Crippen LogP) is 4.37. The number of aryl methyl sites for hydroxylation is 2. The molecule has 0 aromatic heterocycles. The minimum absolute atomic E-state index is 0.0878. The first-order chi connectivity index (χ1) is 14.2. The lowest BCUT2D eigenvalue weighted by molar-refractivity contribution is -0.139. The molecule has 0 aliphatic carbocycles. The van der Waals surface area contributed by atoms with Crippen molar-refractivity contribution >= 4 is 21.7 Å². The number of ether oxygens (including phenoxy) is 1. The maximum atomic E-state index is 14.4. The van der Waals surface area contributed by atoms with Crippen LogP contribution < -0.4 is 9.46 Å². The van der Waals surface area contributed by atoms with Crippen LogP contribution in [0.25, 0.3) is 11.1 Å². The lowest BCUT2D eigenvalue weighted by atomic mass is 10.1. The molecule has 0 amide bonds. The van der Waals surface area contributed by atoms with Gasteiger partial charge in [0.2, 0.25) is 0 Å². The zero-order chi connectivity index (χ0) is 21.9. The lowest BCUT2D eigenvalue weighted by Gasteiger charge is -2.16. The lowest BCUT2D eigenvalue weighted by Crippen LogP contribution is -2.18. The highest BCUT2D eigenvalue weighted by molar-refractivity contribution is 7.92. The van der Waals surface area contributed by atoms with Crippen molar-refractivity contribution < 1.29 is 27.4 Å². The van der Waals surface area contributed by atoms with Gasteiger partial charge in [0.25, 0.3) is 10.0 Å². The number of rotatable bonds is 7. The van der Waals surface area contributed by atoms with Crippen LogP contribution in [-0.4, -0.2) is 26.1 Å². The Morgan fingerprint density at radius 3 is 2.40 bits per heavy atom. The molecule has 2 N–H and O–H groups in total. The van der Waals surface area contributed by atoms with Crippen molar-refractivity contribution in [2.75, 3.05) is 11.3 Å². The van der Waals surface area contributed by atoms with Gasteiger partial charge in [0, 0.05) is 0 Å². The number of hydrogen-bond donors (Lipinski definition) is 2. The Bertz CT molecular complexity index is 1190. The molecule has 6 nitrogen and oxygen atoms in total. The van der Waals surface area contributed by atoms with Gasteiger partial charge >= 0.3 is 5.97 Å². The molecule has 0 saturated carbocycles. The average Bonchev–Trinajstić information content (AvgIpc) is 2.69. The van der Waals surface area contributed by atoms with E-state index in [9.17, 15) is 17.6 Å². The number of carboxylic acids is 1. The summed E-state index contributed by atoms with van der Waals surface area (Å²) in [5.41, 5.74) is 2.30. The molecule has 0 heterocycles. The van der Waals surface area contributed by atoms with Gasteiger partial charge in [-0.1, -0.05) is 42.5 Å². The molecule has 156 valence electrons. The minimum Gasteiger partial charge on any atom is -0.480 e. The molecule has 0 unspecified atom stereocenters. The summed E-state index contributed by atoms with van der Waals surface area (Å²) in [4.78, 5) is 10.6. The molecule has 0 fully saturated rings. The van der Waals surface area contributed by atoms with E-state index in [0.717, 1.165) is 5.56 Å². The Hall–Kier alpha value is -3.39. The zero-order valence-electron chi connectivity index (χ0n) is 16.3. The van der Waals surface area contributed by atoms with Crippen molar-refractivity contribution in [1.82, 2.24) is 0 Å². The molecule has 30 heavy (non-hydrogen) atoms. The number of benzene rings is 3. The topological polar surface area (TPSA) is 92.7 Å². The molecule has 0 bridgehead atoms. The number of sulfonamides is 1. The molecule has 3 aromatic rings. The van der Waals surface area contributed by atoms with E-state index in [4.69, 9.17) is 9.84 Å². The van der Waals surface area contributed by atoms with E-state index in [1.54, 1.807) is 26.0 Å². The second-order valence-electron chi connectivity index (χ2n) is 6.76. The zero-order valence-corrected chi connectivity index (χ0v) is 17.2. The molecule has 0 atom stereocenters. The summed E-state index contributed by atoms with van der Waals surface area (Å²) in [6, 6.07) is 16.3. The third-order valence-corrected chi connectivity index (χ3v) is 5.70. The maximum Gasteiger partial charge on any atom is 0.341 e. The van der Waals surface area contributed by atoms with Crippen LogP contribution in [0.3, 0.4) is 0 Å². The largest absolute Gasteiger partial charge is 0.480 e. The van der Waals surface area contributed by atoms with E-state index in [2.05, 4.69) is 4.72 Å². The monoisotopic (exact) mass is 429 g/mol. The molecule has 0 spiro atoms. The number of hydrogen-bond acceptors (Lipinski definition) is 4. The Labute approximate surface area is 174 Å². The third-order valence-electron chi connectivity index (χ3n) is 4.33. The van der Waals surface area contributed by atoms with Gasteiger partial charge in [0.15, 0.2) is 6.61 Å². The summed E-state index contributed by atoms with van der Waals surface area (Å²) in [6.45, 7) is 2.60. The molecule has 0 radical (unpaired) electrons. The second-order valence-corrected chi connectivity index (χ2v) is 8.41. The Morgan fingerprint density at radius 1 is 1.03 bits per heavy atom. The van der Waals surface area contributed by atoms with E-state index < -0.39 is 28.4 Å². The van der Waals surface area contributed by atoms with Gasteiger partial charge in [-0.15, -0.1) is 0 Å². The maximum absolute atomic E-state index is 14.4. The number of halogens is 1. The fraction of sp³-hybridized carbons (Fsp3) is 0.136. The highest BCUT2D eigenvalue weighted by Gasteiger charge is 2.24. The van der Waals surface area contributed by atoms with Crippen molar-refractivity contribution in [3.8, 4) is 16.9 Å². The number of carboxylic acid groups (broad SMARTS) is 1. The van der Waals surface area contributed by atoms with E-state index in [-0.39, 0.29) is 16.3 Å². The Balaban J connectivity index is 2.02. The third kappa shape index (κ3) is 4.77. The van der Waals surface area contributed by atoms with Crippen LogP contribution in [0.2, 0.25) is 0 Å². The smallest absolute Gasteiger partial charge is 0.341 e. The van der Waals surface area contributed by atoms with E-state index in [1.165, 1.54) is 18.2 Å². The summed E-state index contributed by atoms with van der Waals surface area (Å²) < 4.78 is 48.0. The van der Waals surface area contributed by atoms with E-state index in [1.807, 2.05) is 30.3 Å². The highest BCUT2D eigenvalue weighted by atomic mass is 32.2. The van der Waals surface area contributed by atoms with Crippen LogP contribution in [0.1, 0.15) is 11.1 Å². The number of aliphatic carboxylic acids is 1. The Morgan fingerprint density at radius 2 is 1.73 bits per heavy atom. The van der Waals surface area contributed by atoms with E-state index in [0.29, 0.717) is 16.7 Å². The molecular formula is C22H20FNO5S. The normalized spacial score (nSPS) is 11.2. The standard InChI is InChI=1S/C22H20FNO5S/c1-14-10-15(2)22(29-13-21(25)26)20(11-14)30(27,28)24-19-12-17(8-9-18(19)23)16-6-4-3-5-7-16/h3-12,24H,13H2,1-2H3,(H,25,26). The van der Waals surface area contributed by atoms with Gasteiger partial charge in [-0.3, -0.25) is 4.72 Å². The van der Waals surface area contributed by atoms with Crippen molar-refractivity contribution in [2.24, 2.45) is 0 Å². The van der Waals surface area contributed by atoms with Gasteiger partial charge in [-0.2, -0.15) is 0 Å². The second kappa shape index (κ2) is 8.54. The molecule has 0 aliphatic rings. The number of carbonyl (C=O) groups is 1.